The first-order valence-corrected chi connectivity index (χ1v) is 7.95. The summed E-state index contributed by atoms with van der Waals surface area (Å²) in [6.07, 6.45) is 3.02. The van der Waals surface area contributed by atoms with Crippen LogP contribution in [0.5, 0.6) is 0 Å². The van der Waals surface area contributed by atoms with Gasteiger partial charge in [0, 0.05) is 11.6 Å². The summed E-state index contributed by atoms with van der Waals surface area (Å²) in [5, 5.41) is 14.0. The lowest BCUT2D eigenvalue weighted by atomic mass is 9.98. The highest BCUT2D eigenvalue weighted by Gasteiger charge is 2.27. The Hall–Kier alpha value is -1.72. The van der Waals surface area contributed by atoms with Gasteiger partial charge in [0.25, 0.3) is 0 Å². The number of aromatic nitrogens is 2. The van der Waals surface area contributed by atoms with E-state index in [-0.39, 0.29) is 12.1 Å². The number of aliphatic hydroxyl groups excluding tert-OH is 1. The van der Waals surface area contributed by atoms with E-state index in [1.54, 1.807) is 0 Å². The number of benzene rings is 1. The number of aryl methyl sites for hydroxylation is 1. The molecule has 0 saturated carbocycles. The van der Waals surface area contributed by atoms with Crippen molar-refractivity contribution >= 4 is 0 Å². The van der Waals surface area contributed by atoms with Crippen molar-refractivity contribution in [3.05, 3.63) is 35.7 Å². The third-order valence-corrected chi connectivity index (χ3v) is 4.30. The highest BCUT2D eigenvalue weighted by atomic mass is 16.5. The Morgan fingerprint density at radius 3 is 3.05 bits per heavy atom. The fourth-order valence-electron chi connectivity index (χ4n) is 3.15. The molecule has 0 amide bonds. The van der Waals surface area contributed by atoms with Gasteiger partial charge in [-0.2, -0.15) is 4.98 Å². The van der Waals surface area contributed by atoms with E-state index in [9.17, 15) is 5.11 Å². The van der Waals surface area contributed by atoms with Crippen molar-refractivity contribution in [2.24, 2.45) is 0 Å². The van der Waals surface area contributed by atoms with Crippen LogP contribution in [-0.4, -0.2) is 38.8 Å². The average molecular weight is 301 g/mol. The first-order valence-electron chi connectivity index (χ1n) is 7.95. The summed E-state index contributed by atoms with van der Waals surface area (Å²) in [5.41, 5.74) is 2.15. The van der Waals surface area contributed by atoms with Crippen LogP contribution in [-0.2, 0) is 6.54 Å². The van der Waals surface area contributed by atoms with Gasteiger partial charge in [-0.1, -0.05) is 35.3 Å². The average Bonchev–Trinajstić information content (AvgIpc) is 2.96. The molecule has 0 aliphatic carbocycles. The van der Waals surface area contributed by atoms with Crippen molar-refractivity contribution < 1.29 is 9.63 Å². The Morgan fingerprint density at radius 1 is 1.41 bits per heavy atom. The highest BCUT2D eigenvalue weighted by molar-refractivity contribution is 5.55. The zero-order valence-corrected chi connectivity index (χ0v) is 13.2. The molecule has 1 saturated heterocycles. The molecule has 1 aromatic carbocycles. The predicted octanol–water partition coefficient (Wildman–Crippen LogP) is 2.78. The Labute approximate surface area is 131 Å². The van der Waals surface area contributed by atoms with Gasteiger partial charge in [0.15, 0.2) is 0 Å². The second kappa shape index (κ2) is 6.58. The molecule has 3 rings (SSSR count). The minimum Gasteiger partial charge on any atom is -0.392 e. The molecule has 118 valence electrons. The summed E-state index contributed by atoms with van der Waals surface area (Å²) in [4.78, 5) is 6.76. The number of hydrogen-bond acceptors (Lipinski definition) is 5. The molecule has 2 heterocycles. The molecule has 1 N–H and O–H groups in total. The number of piperidine rings is 1. The molecule has 2 atom stereocenters. The van der Waals surface area contributed by atoms with Gasteiger partial charge < -0.3 is 9.63 Å². The van der Waals surface area contributed by atoms with Crippen LogP contribution in [0.2, 0.25) is 0 Å². The molecule has 0 bridgehead atoms. The molecule has 5 nitrogen and oxygen atoms in total. The van der Waals surface area contributed by atoms with E-state index in [1.165, 1.54) is 12.0 Å². The lowest BCUT2D eigenvalue weighted by Gasteiger charge is -2.36. The van der Waals surface area contributed by atoms with E-state index in [0.717, 1.165) is 24.9 Å². The Balaban J connectivity index is 1.73. The van der Waals surface area contributed by atoms with Crippen LogP contribution in [0.1, 0.15) is 37.6 Å². The molecule has 1 aromatic heterocycles. The molecule has 1 fully saturated rings. The number of rotatable bonds is 4. The lowest BCUT2D eigenvalue weighted by Crippen LogP contribution is -2.45. The van der Waals surface area contributed by atoms with E-state index < -0.39 is 0 Å². The molecule has 5 heteroatoms. The SMILES string of the molecule is Cc1cccc(-c2noc(CN3CCCCC3C(C)O)n2)c1. The maximum Gasteiger partial charge on any atom is 0.241 e. The lowest BCUT2D eigenvalue weighted by molar-refractivity contribution is 0.0260. The fourth-order valence-corrected chi connectivity index (χ4v) is 3.15. The monoisotopic (exact) mass is 301 g/mol. The van der Waals surface area contributed by atoms with Crippen LogP contribution >= 0.6 is 0 Å². The minimum absolute atomic E-state index is 0.183. The quantitative estimate of drug-likeness (QED) is 0.941. The van der Waals surface area contributed by atoms with Crippen molar-refractivity contribution in [1.82, 2.24) is 15.0 Å². The smallest absolute Gasteiger partial charge is 0.241 e. The summed E-state index contributed by atoms with van der Waals surface area (Å²) in [6, 6.07) is 8.26. The van der Waals surface area contributed by atoms with Crippen molar-refractivity contribution in [3.8, 4) is 11.4 Å². The van der Waals surface area contributed by atoms with E-state index in [0.29, 0.717) is 18.3 Å². The van der Waals surface area contributed by atoms with E-state index >= 15 is 0 Å². The van der Waals surface area contributed by atoms with Gasteiger partial charge in [-0.25, -0.2) is 0 Å². The Bertz CT molecular complexity index is 624. The summed E-state index contributed by atoms with van der Waals surface area (Å²) in [5.74, 6) is 1.24. The topological polar surface area (TPSA) is 62.4 Å². The maximum atomic E-state index is 9.93. The summed E-state index contributed by atoms with van der Waals surface area (Å²) < 4.78 is 5.41. The second-order valence-electron chi connectivity index (χ2n) is 6.16. The Morgan fingerprint density at radius 2 is 2.27 bits per heavy atom. The number of hydrogen-bond donors (Lipinski definition) is 1. The standard InChI is InChI=1S/C17H23N3O2/c1-12-6-5-7-14(10-12)17-18-16(22-19-17)11-20-9-4-3-8-15(20)13(2)21/h5-7,10,13,15,21H,3-4,8-9,11H2,1-2H3. The highest BCUT2D eigenvalue weighted by Crippen LogP contribution is 2.23. The molecule has 0 radical (unpaired) electrons. The van der Waals surface area contributed by atoms with E-state index in [2.05, 4.69) is 15.0 Å². The van der Waals surface area contributed by atoms with Crippen molar-refractivity contribution in [3.63, 3.8) is 0 Å². The van der Waals surface area contributed by atoms with Crippen LogP contribution in [0.25, 0.3) is 11.4 Å². The molecule has 1 aliphatic heterocycles. The van der Waals surface area contributed by atoms with Crippen molar-refractivity contribution in [2.75, 3.05) is 6.54 Å². The van der Waals surface area contributed by atoms with Crippen LogP contribution in [0.4, 0.5) is 0 Å². The third kappa shape index (κ3) is 3.36. The molecular formula is C17H23N3O2. The van der Waals surface area contributed by atoms with Gasteiger partial charge in [-0.3, -0.25) is 4.90 Å². The van der Waals surface area contributed by atoms with Gasteiger partial charge in [0.2, 0.25) is 11.7 Å². The summed E-state index contributed by atoms with van der Waals surface area (Å²) >= 11 is 0. The van der Waals surface area contributed by atoms with Gasteiger partial charge >= 0.3 is 0 Å². The van der Waals surface area contributed by atoms with Crippen LogP contribution < -0.4 is 0 Å². The van der Waals surface area contributed by atoms with Gasteiger partial charge in [-0.15, -0.1) is 0 Å². The number of aliphatic hydroxyl groups is 1. The molecule has 2 aromatic rings. The minimum atomic E-state index is -0.334. The van der Waals surface area contributed by atoms with Crippen molar-refractivity contribution in [2.45, 2.75) is 51.8 Å². The van der Waals surface area contributed by atoms with Gasteiger partial charge in [-0.05, 0) is 39.3 Å². The Kier molecular flexibility index (Phi) is 4.55. The van der Waals surface area contributed by atoms with E-state index in [4.69, 9.17) is 4.52 Å². The second-order valence-corrected chi connectivity index (χ2v) is 6.16. The molecule has 0 spiro atoms. The van der Waals surface area contributed by atoms with Crippen LogP contribution in [0.3, 0.4) is 0 Å². The fraction of sp³-hybridized carbons (Fsp3) is 0.529. The zero-order valence-electron chi connectivity index (χ0n) is 13.2. The largest absolute Gasteiger partial charge is 0.392 e. The zero-order chi connectivity index (χ0) is 15.5. The molecule has 22 heavy (non-hydrogen) atoms. The van der Waals surface area contributed by atoms with Crippen LogP contribution in [0.15, 0.2) is 28.8 Å². The first kappa shape index (κ1) is 15.2. The summed E-state index contributed by atoms with van der Waals surface area (Å²) in [6.45, 7) is 5.48. The number of likely N-dealkylation sites (tertiary alicyclic amines) is 1. The maximum absolute atomic E-state index is 9.93. The van der Waals surface area contributed by atoms with Crippen LogP contribution in [0, 0.1) is 6.92 Å². The van der Waals surface area contributed by atoms with E-state index in [1.807, 2.05) is 38.1 Å². The molecular weight excluding hydrogens is 278 g/mol. The molecule has 2 unspecified atom stereocenters. The van der Waals surface area contributed by atoms with Gasteiger partial charge in [0.05, 0.1) is 12.6 Å². The molecule has 1 aliphatic rings. The number of nitrogens with zero attached hydrogens (tertiary/aromatic N) is 3. The first-order chi connectivity index (χ1) is 10.6. The van der Waals surface area contributed by atoms with Gasteiger partial charge in [0.1, 0.15) is 0 Å². The normalized spacial score (nSPS) is 21.0. The third-order valence-electron chi connectivity index (χ3n) is 4.30. The summed E-state index contributed by atoms with van der Waals surface area (Å²) in [7, 11) is 0. The van der Waals surface area contributed by atoms with Crippen molar-refractivity contribution in [1.29, 1.82) is 0 Å². The predicted molar refractivity (Wildman–Crippen MR) is 84.2 cm³/mol.